The summed E-state index contributed by atoms with van der Waals surface area (Å²) in [4.78, 5) is 0. The monoisotopic (exact) mass is 241 g/mol. The van der Waals surface area contributed by atoms with Gasteiger partial charge >= 0.3 is 0 Å². The number of benzene rings is 1. The van der Waals surface area contributed by atoms with Crippen molar-refractivity contribution in [3.63, 3.8) is 0 Å². The van der Waals surface area contributed by atoms with Gasteiger partial charge in [-0.15, -0.1) is 0 Å². The fourth-order valence-electron chi connectivity index (χ4n) is 1.87. The quantitative estimate of drug-likeness (QED) is 0.850. The van der Waals surface area contributed by atoms with Crippen LogP contribution in [0.25, 0.3) is 0 Å². The van der Waals surface area contributed by atoms with Gasteiger partial charge in [-0.25, -0.2) is 0 Å². The lowest BCUT2D eigenvalue weighted by Gasteiger charge is -2.24. The summed E-state index contributed by atoms with van der Waals surface area (Å²) in [5.74, 6) is 1.36. The summed E-state index contributed by atoms with van der Waals surface area (Å²) in [5.41, 5.74) is 1.17. The zero-order valence-corrected chi connectivity index (χ0v) is 11.1. The van der Waals surface area contributed by atoms with E-state index in [0.29, 0.717) is 17.0 Å². The van der Waals surface area contributed by atoms with E-state index in [0.717, 1.165) is 12.3 Å². The molecule has 0 radical (unpaired) electrons. The first kappa shape index (κ1) is 13.3. The van der Waals surface area contributed by atoms with Crippen molar-refractivity contribution in [3.05, 3.63) is 28.8 Å². The Morgan fingerprint density at radius 3 is 2.56 bits per heavy atom. The van der Waals surface area contributed by atoms with Gasteiger partial charge in [-0.1, -0.05) is 38.4 Å². The number of hydrogen-bond acceptors (Lipinski definition) is 2. The SMILES string of the molecule is CCNC(c1ccc(Cl)cc1OC)C(C)C. The molecule has 0 aliphatic rings. The molecule has 90 valence electrons. The Bertz CT molecular complexity index is 339. The molecule has 0 saturated carbocycles. The van der Waals surface area contributed by atoms with Gasteiger partial charge in [0.25, 0.3) is 0 Å². The molecule has 0 aromatic heterocycles. The van der Waals surface area contributed by atoms with Crippen LogP contribution in [-0.2, 0) is 0 Å². The van der Waals surface area contributed by atoms with Gasteiger partial charge in [0.15, 0.2) is 0 Å². The highest BCUT2D eigenvalue weighted by Crippen LogP contribution is 2.32. The number of hydrogen-bond donors (Lipinski definition) is 1. The third-order valence-electron chi connectivity index (χ3n) is 2.62. The van der Waals surface area contributed by atoms with Crippen molar-refractivity contribution >= 4 is 11.6 Å². The number of halogens is 1. The molecule has 0 spiro atoms. The highest BCUT2D eigenvalue weighted by atomic mass is 35.5. The lowest BCUT2D eigenvalue weighted by Crippen LogP contribution is -2.25. The molecule has 0 heterocycles. The van der Waals surface area contributed by atoms with Crippen LogP contribution in [0.3, 0.4) is 0 Å². The van der Waals surface area contributed by atoms with Crippen LogP contribution in [0.5, 0.6) is 5.75 Å². The molecule has 0 fully saturated rings. The third-order valence-corrected chi connectivity index (χ3v) is 2.86. The van der Waals surface area contributed by atoms with Crippen LogP contribution in [0.1, 0.15) is 32.4 Å². The van der Waals surface area contributed by atoms with Gasteiger partial charge in [0, 0.05) is 16.6 Å². The summed E-state index contributed by atoms with van der Waals surface area (Å²) in [6, 6.07) is 6.11. The van der Waals surface area contributed by atoms with E-state index in [4.69, 9.17) is 16.3 Å². The van der Waals surface area contributed by atoms with Crippen molar-refractivity contribution in [2.45, 2.75) is 26.8 Å². The molecule has 0 bridgehead atoms. The fourth-order valence-corrected chi connectivity index (χ4v) is 2.03. The van der Waals surface area contributed by atoms with Gasteiger partial charge < -0.3 is 10.1 Å². The summed E-state index contributed by atoms with van der Waals surface area (Å²) in [5, 5.41) is 4.18. The average molecular weight is 242 g/mol. The van der Waals surface area contributed by atoms with Crippen LogP contribution in [-0.4, -0.2) is 13.7 Å². The molecule has 1 unspecified atom stereocenters. The van der Waals surface area contributed by atoms with E-state index in [9.17, 15) is 0 Å². The van der Waals surface area contributed by atoms with Crippen LogP contribution in [0.15, 0.2) is 18.2 Å². The molecule has 1 atom stereocenters. The molecule has 0 aliphatic heterocycles. The van der Waals surface area contributed by atoms with Gasteiger partial charge in [0.05, 0.1) is 7.11 Å². The largest absolute Gasteiger partial charge is 0.496 e. The van der Waals surface area contributed by atoms with E-state index < -0.39 is 0 Å². The van der Waals surface area contributed by atoms with E-state index in [1.54, 1.807) is 7.11 Å². The van der Waals surface area contributed by atoms with Gasteiger partial charge in [0.1, 0.15) is 5.75 Å². The molecule has 0 saturated heterocycles. The highest BCUT2D eigenvalue weighted by Gasteiger charge is 2.18. The number of nitrogens with one attached hydrogen (secondary N) is 1. The van der Waals surface area contributed by atoms with Crippen LogP contribution in [0.4, 0.5) is 0 Å². The van der Waals surface area contributed by atoms with Crippen molar-refractivity contribution in [3.8, 4) is 5.75 Å². The van der Waals surface area contributed by atoms with E-state index in [1.807, 2.05) is 18.2 Å². The van der Waals surface area contributed by atoms with Gasteiger partial charge in [-0.3, -0.25) is 0 Å². The standard InChI is InChI=1S/C13H20ClNO/c1-5-15-13(9(2)3)11-7-6-10(14)8-12(11)16-4/h6-9,13,15H,5H2,1-4H3. The van der Waals surface area contributed by atoms with Gasteiger partial charge in [0.2, 0.25) is 0 Å². The van der Waals surface area contributed by atoms with Crippen molar-refractivity contribution in [1.82, 2.24) is 5.32 Å². The zero-order chi connectivity index (χ0) is 12.1. The van der Waals surface area contributed by atoms with Crippen molar-refractivity contribution in [2.24, 2.45) is 5.92 Å². The van der Waals surface area contributed by atoms with Crippen LogP contribution >= 0.6 is 11.6 Å². The summed E-state index contributed by atoms with van der Waals surface area (Å²) < 4.78 is 5.38. The highest BCUT2D eigenvalue weighted by molar-refractivity contribution is 6.30. The summed E-state index contributed by atoms with van der Waals surface area (Å²) in [7, 11) is 1.68. The molecule has 3 heteroatoms. The minimum absolute atomic E-state index is 0.303. The smallest absolute Gasteiger partial charge is 0.125 e. The first-order chi connectivity index (χ1) is 7.60. The molecular formula is C13H20ClNO. The molecule has 1 aromatic rings. The number of ether oxygens (including phenoxy) is 1. The van der Waals surface area contributed by atoms with E-state index >= 15 is 0 Å². The molecular weight excluding hydrogens is 222 g/mol. The minimum Gasteiger partial charge on any atom is -0.496 e. The van der Waals surface area contributed by atoms with Crippen molar-refractivity contribution in [2.75, 3.05) is 13.7 Å². The second-order valence-electron chi connectivity index (χ2n) is 4.17. The van der Waals surface area contributed by atoms with Crippen LogP contribution in [0.2, 0.25) is 5.02 Å². The maximum Gasteiger partial charge on any atom is 0.125 e. The van der Waals surface area contributed by atoms with E-state index in [-0.39, 0.29) is 0 Å². The lowest BCUT2D eigenvalue weighted by atomic mass is 9.95. The lowest BCUT2D eigenvalue weighted by molar-refractivity contribution is 0.374. The molecule has 1 N–H and O–H groups in total. The average Bonchev–Trinajstić information content (AvgIpc) is 2.26. The summed E-state index contributed by atoms with van der Waals surface area (Å²) in [6.07, 6.45) is 0. The van der Waals surface area contributed by atoms with Crippen LogP contribution < -0.4 is 10.1 Å². The van der Waals surface area contributed by atoms with Gasteiger partial charge in [-0.05, 0) is 24.6 Å². The molecule has 2 nitrogen and oxygen atoms in total. The summed E-state index contributed by atoms with van der Waals surface area (Å²) in [6.45, 7) is 7.44. The molecule has 1 rings (SSSR count). The second-order valence-corrected chi connectivity index (χ2v) is 4.60. The molecule has 1 aromatic carbocycles. The summed E-state index contributed by atoms with van der Waals surface area (Å²) >= 11 is 5.96. The Kier molecular flexibility index (Phi) is 5.10. The third kappa shape index (κ3) is 3.13. The first-order valence-electron chi connectivity index (χ1n) is 5.67. The number of methoxy groups -OCH3 is 1. The molecule has 0 amide bonds. The van der Waals surface area contributed by atoms with E-state index in [2.05, 4.69) is 26.1 Å². The number of rotatable bonds is 5. The van der Waals surface area contributed by atoms with Crippen molar-refractivity contribution < 1.29 is 4.74 Å². The van der Waals surface area contributed by atoms with Crippen molar-refractivity contribution in [1.29, 1.82) is 0 Å². The Balaban J connectivity index is 3.07. The molecule has 16 heavy (non-hydrogen) atoms. The normalized spacial score (nSPS) is 12.9. The maximum atomic E-state index is 5.96. The van der Waals surface area contributed by atoms with E-state index in [1.165, 1.54) is 5.56 Å². The topological polar surface area (TPSA) is 21.3 Å². The fraction of sp³-hybridized carbons (Fsp3) is 0.538. The Morgan fingerprint density at radius 2 is 2.06 bits per heavy atom. The predicted molar refractivity (Wildman–Crippen MR) is 69.3 cm³/mol. The zero-order valence-electron chi connectivity index (χ0n) is 10.4. The second kappa shape index (κ2) is 6.12. The first-order valence-corrected chi connectivity index (χ1v) is 6.04. The van der Waals surface area contributed by atoms with Gasteiger partial charge in [-0.2, -0.15) is 0 Å². The minimum atomic E-state index is 0.303. The predicted octanol–water partition coefficient (Wildman–Crippen LogP) is 3.66. The Hall–Kier alpha value is -0.730. The van der Waals surface area contributed by atoms with Crippen LogP contribution in [0, 0.1) is 5.92 Å². The Morgan fingerprint density at radius 1 is 1.38 bits per heavy atom. The molecule has 0 aliphatic carbocycles. The Labute approximate surface area is 103 Å². The maximum absolute atomic E-state index is 5.96.